The summed E-state index contributed by atoms with van der Waals surface area (Å²) in [4.78, 5) is 29.6. The van der Waals surface area contributed by atoms with Crippen LogP contribution in [0.4, 0.5) is 9.18 Å². The van der Waals surface area contributed by atoms with Gasteiger partial charge in [0.15, 0.2) is 6.29 Å². The molecule has 328 valence electrons. The number of urea groups is 1. The number of aliphatic hydroxyl groups is 5. The van der Waals surface area contributed by atoms with E-state index >= 15 is 0 Å². The molecular weight excluding hydrogens is 768 g/mol. The van der Waals surface area contributed by atoms with Crippen LogP contribution in [0, 0.1) is 23.6 Å². The van der Waals surface area contributed by atoms with E-state index in [1.165, 1.54) is 13.8 Å². The van der Waals surface area contributed by atoms with Crippen LogP contribution in [0.3, 0.4) is 0 Å². The van der Waals surface area contributed by atoms with Crippen LogP contribution in [0.2, 0.25) is 0 Å². The highest BCUT2D eigenvalue weighted by atomic mass is 32.2. The molecule has 16 nitrogen and oxygen atoms in total. The lowest BCUT2D eigenvalue weighted by molar-refractivity contribution is -0.299. The molecule has 2 saturated heterocycles. The summed E-state index contributed by atoms with van der Waals surface area (Å²) in [5.74, 6) is -3.86. The van der Waals surface area contributed by atoms with Gasteiger partial charge in [0.25, 0.3) is 10.0 Å². The number of rotatable bonds is 10. The molecule has 0 spiro atoms. The molecule has 1 aromatic rings. The monoisotopic (exact) mass is 834 g/mol. The number of hydrogen-bond donors (Lipinski definition) is 7. The zero-order valence-electron chi connectivity index (χ0n) is 35.0. The number of nitrogens with one attached hydrogen (secondary N) is 2. The molecule has 2 heterocycles. The number of likely N-dealkylation sites (N-methyl/N-ethyl adjacent to an activating group) is 1. The van der Waals surface area contributed by atoms with Crippen LogP contribution in [0.25, 0.3) is 0 Å². The first-order chi connectivity index (χ1) is 26.3. The Labute approximate surface area is 337 Å². The Balaban J connectivity index is 1.91. The summed E-state index contributed by atoms with van der Waals surface area (Å²) in [6.45, 7) is 13.6. The Morgan fingerprint density at radius 3 is 2.25 bits per heavy atom. The van der Waals surface area contributed by atoms with Crippen molar-refractivity contribution in [2.24, 2.45) is 17.8 Å². The van der Waals surface area contributed by atoms with E-state index in [4.69, 9.17) is 14.2 Å². The highest BCUT2D eigenvalue weighted by Gasteiger charge is 2.50. The van der Waals surface area contributed by atoms with Crippen molar-refractivity contribution in [3.05, 3.63) is 30.1 Å². The van der Waals surface area contributed by atoms with Gasteiger partial charge in [-0.15, -0.1) is 0 Å². The zero-order valence-corrected chi connectivity index (χ0v) is 35.8. The van der Waals surface area contributed by atoms with Crippen LogP contribution in [0.5, 0.6) is 0 Å². The molecule has 0 radical (unpaired) electrons. The molecule has 0 bridgehead atoms. The number of cyclic esters (lactones) is 1. The van der Waals surface area contributed by atoms with E-state index in [0.29, 0.717) is 6.42 Å². The summed E-state index contributed by atoms with van der Waals surface area (Å²) in [5.41, 5.74) is -3.64. The number of sulfonamides is 1. The highest BCUT2D eigenvalue weighted by molar-refractivity contribution is 7.90. The van der Waals surface area contributed by atoms with Crippen molar-refractivity contribution in [3.63, 3.8) is 0 Å². The van der Waals surface area contributed by atoms with E-state index in [1.807, 2.05) is 42.5 Å². The number of esters is 1. The van der Waals surface area contributed by atoms with Gasteiger partial charge in [0.2, 0.25) is 0 Å². The van der Waals surface area contributed by atoms with Gasteiger partial charge in [0, 0.05) is 37.6 Å². The molecule has 14 atom stereocenters. The van der Waals surface area contributed by atoms with E-state index in [2.05, 4.69) is 5.32 Å². The normalized spacial score (nSPS) is 38.2. The second kappa shape index (κ2) is 20.2. The lowest BCUT2D eigenvalue weighted by atomic mass is 9.78. The highest BCUT2D eigenvalue weighted by Crippen LogP contribution is 2.37. The fourth-order valence-electron chi connectivity index (χ4n) is 8.21. The molecule has 0 aliphatic carbocycles. The summed E-state index contributed by atoms with van der Waals surface area (Å²) < 4.78 is 58.7. The number of nitrogens with zero attached hydrogens (tertiary/aromatic N) is 2. The third-order valence-corrected chi connectivity index (χ3v) is 12.9. The van der Waals surface area contributed by atoms with Crippen molar-refractivity contribution in [1.29, 1.82) is 0 Å². The van der Waals surface area contributed by atoms with Crippen molar-refractivity contribution < 1.29 is 62.1 Å². The summed E-state index contributed by atoms with van der Waals surface area (Å²) >= 11 is 0. The first-order valence-electron chi connectivity index (χ1n) is 19.8. The number of carbonyl (C=O) groups excluding carboxylic acids is 2. The van der Waals surface area contributed by atoms with Gasteiger partial charge >= 0.3 is 12.0 Å². The molecule has 2 aliphatic heterocycles. The van der Waals surface area contributed by atoms with Gasteiger partial charge in [-0.3, -0.25) is 9.69 Å². The molecular formula is C39H67FN4O12S. The standard InChI is InChI=1S/C39H67FN4O12S/c1-11-30-39(8,51)33(47)26(6)44(18-12-17-41-37(49)42-57(52,53)28-15-13-27(40)14-16-28)21-22(2)20-38(7,50)34(24(4)31(45)25(5)35(48)55-30)56-36-32(46)29(43(9)10)19-23(3)54-36/h13-16,22-26,29-34,36,45-47,50-51H,11-12,17-21H2,1-10H3,(H2,41,42,49)/t22-,23+,24-,25-,26-,29+,30-,31+,32+,33-,34-,36-,38-,39-/m1/s1. The van der Waals surface area contributed by atoms with Crippen molar-refractivity contribution in [1.82, 2.24) is 19.8 Å². The van der Waals surface area contributed by atoms with Gasteiger partial charge in [-0.05, 0) is 105 Å². The van der Waals surface area contributed by atoms with Crippen LogP contribution in [-0.2, 0) is 29.0 Å². The quantitative estimate of drug-likeness (QED) is 0.131. The summed E-state index contributed by atoms with van der Waals surface area (Å²) in [6, 6.07) is 1.89. The molecule has 2 amide bonds. The van der Waals surface area contributed by atoms with Crippen LogP contribution in [0.1, 0.15) is 81.1 Å². The molecule has 1 aromatic carbocycles. The van der Waals surface area contributed by atoms with Crippen molar-refractivity contribution in [3.8, 4) is 0 Å². The average Bonchev–Trinajstić information content (AvgIpc) is 3.12. The number of carbonyl (C=O) groups is 2. The minimum atomic E-state index is -4.27. The third kappa shape index (κ3) is 12.5. The maximum absolute atomic E-state index is 13.6. The first-order valence-corrected chi connectivity index (χ1v) is 21.3. The SMILES string of the molecule is CC[C@H]1OC(=O)[C@H](C)[C@@H](O)[C@@H](C)[C@@H](O[C@H]2O[C@@H](C)C[C@H](N(C)C)[C@@H]2O)[C@](C)(O)C[C@@H](C)CN(CCCNC(=O)NS(=O)(=O)c2ccc(F)cc2)[C@H](C)[C@@H](O)[C@]1(C)O. The zero-order chi connectivity index (χ0) is 43.2. The van der Waals surface area contributed by atoms with Gasteiger partial charge in [-0.2, -0.15) is 0 Å². The van der Waals surface area contributed by atoms with Gasteiger partial charge in [0.05, 0.1) is 34.7 Å². The number of ether oxygens (including phenoxy) is 3. The van der Waals surface area contributed by atoms with Crippen LogP contribution in [-0.4, -0.2) is 156 Å². The van der Waals surface area contributed by atoms with E-state index < -0.39 is 93.7 Å². The number of amides is 2. The summed E-state index contributed by atoms with van der Waals surface area (Å²) in [5, 5.41) is 61.2. The predicted molar refractivity (Wildman–Crippen MR) is 209 cm³/mol. The van der Waals surface area contributed by atoms with E-state index in [0.717, 1.165) is 24.3 Å². The van der Waals surface area contributed by atoms with Crippen LogP contribution in [0.15, 0.2) is 29.2 Å². The topological polar surface area (TPSA) is 228 Å². The molecule has 2 fully saturated rings. The lowest BCUT2D eigenvalue weighted by Gasteiger charge is -2.46. The van der Waals surface area contributed by atoms with Gasteiger partial charge in [-0.25, -0.2) is 22.3 Å². The second-order valence-corrected chi connectivity index (χ2v) is 18.5. The minimum Gasteiger partial charge on any atom is -0.459 e. The Hall–Kier alpha value is -2.52. The number of aliphatic hydroxyl groups excluding tert-OH is 3. The molecule has 0 aromatic heterocycles. The fraction of sp³-hybridized carbons (Fsp3) is 0.795. The van der Waals surface area contributed by atoms with E-state index in [-0.39, 0.29) is 61.9 Å². The molecule has 7 N–H and O–H groups in total. The summed E-state index contributed by atoms with van der Waals surface area (Å²) in [6.07, 6.45) is -6.81. The van der Waals surface area contributed by atoms with E-state index in [9.17, 15) is 47.9 Å². The Bertz CT molecular complexity index is 1570. The number of benzene rings is 1. The largest absolute Gasteiger partial charge is 0.459 e. The van der Waals surface area contributed by atoms with Crippen molar-refractivity contribution in [2.75, 3.05) is 33.7 Å². The Morgan fingerprint density at radius 1 is 1.05 bits per heavy atom. The molecule has 0 saturated carbocycles. The minimum absolute atomic E-state index is 0.00105. The fourth-order valence-corrected chi connectivity index (χ4v) is 9.14. The number of halogens is 1. The summed E-state index contributed by atoms with van der Waals surface area (Å²) in [7, 11) is -0.603. The van der Waals surface area contributed by atoms with Gasteiger partial charge in [0.1, 0.15) is 29.7 Å². The van der Waals surface area contributed by atoms with Crippen LogP contribution >= 0.6 is 0 Å². The van der Waals surface area contributed by atoms with Gasteiger partial charge in [-0.1, -0.05) is 20.8 Å². The lowest BCUT2D eigenvalue weighted by Crippen LogP contribution is -2.59. The maximum atomic E-state index is 13.6. The predicted octanol–water partition coefficient (Wildman–Crippen LogP) is 1.56. The van der Waals surface area contributed by atoms with Crippen LogP contribution < -0.4 is 10.0 Å². The maximum Gasteiger partial charge on any atom is 0.328 e. The molecule has 57 heavy (non-hydrogen) atoms. The molecule has 0 unspecified atom stereocenters. The third-order valence-electron chi connectivity index (χ3n) is 11.5. The smallest absolute Gasteiger partial charge is 0.328 e. The van der Waals surface area contributed by atoms with E-state index in [1.54, 1.807) is 27.7 Å². The number of hydrogen-bond acceptors (Lipinski definition) is 14. The molecule has 18 heteroatoms. The average molecular weight is 835 g/mol. The van der Waals surface area contributed by atoms with Crippen molar-refractivity contribution >= 4 is 22.0 Å². The molecule has 2 aliphatic rings. The second-order valence-electron chi connectivity index (χ2n) is 16.8. The first kappa shape index (κ1) is 48.8. The van der Waals surface area contributed by atoms with Crippen molar-refractivity contribution in [2.45, 2.75) is 152 Å². The Kier molecular flexibility index (Phi) is 17.3. The molecule has 3 rings (SSSR count). The van der Waals surface area contributed by atoms with Gasteiger partial charge < -0.3 is 50.0 Å². The Morgan fingerprint density at radius 2 is 1.67 bits per heavy atom.